The van der Waals surface area contributed by atoms with Crippen LogP contribution in [0.2, 0.25) is 0 Å². The first-order valence-electron chi connectivity index (χ1n) is 8.42. The van der Waals surface area contributed by atoms with Crippen molar-refractivity contribution in [3.63, 3.8) is 0 Å². The lowest BCUT2D eigenvalue weighted by Crippen LogP contribution is -2.25. The van der Waals surface area contributed by atoms with E-state index in [2.05, 4.69) is 20.8 Å². The summed E-state index contributed by atoms with van der Waals surface area (Å²) in [6.45, 7) is 0.712. The van der Waals surface area contributed by atoms with E-state index in [0.29, 0.717) is 19.4 Å². The van der Waals surface area contributed by atoms with Gasteiger partial charge in [0.25, 0.3) is 5.91 Å². The van der Waals surface area contributed by atoms with Gasteiger partial charge in [-0.15, -0.1) is 10.2 Å². The first kappa shape index (κ1) is 20.3. The Hall–Kier alpha value is -3.01. The molecule has 9 nitrogen and oxygen atoms in total. The van der Waals surface area contributed by atoms with Gasteiger partial charge in [-0.3, -0.25) is 9.59 Å². The highest BCUT2D eigenvalue weighted by molar-refractivity contribution is 7.17. The maximum absolute atomic E-state index is 11.8. The molecule has 0 fully saturated rings. The van der Waals surface area contributed by atoms with Crippen LogP contribution < -0.4 is 16.4 Å². The van der Waals surface area contributed by atoms with Gasteiger partial charge in [-0.1, -0.05) is 48.1 Å². The molecule has 0 spiro atoms. The minimum absolute atomic E-state index is 0.0514. The van der Waals surface area contributed by atoms with E-state index in [1.165, 1.54) is 0 Å². The number of carbonyl (C=O) groups excluding carboxylic acids is 3. The fourth-order valence-corrected chi connectivity index (χ4v) is 2.72. The van der Waals surface area contributed by atoms with Crippen LogP contribution in [-0.2, 0) is 16.1 Å². The van der Waals surface area contributed by atoms with Crippen molar-refractivity contribution in [1.29, 1.82) is 0 Å². The van der Waals surface area contributed by atoms with Crippen LogP contribution >= 0.6 is 11.3 Å². The zero-order valence-electron chi connectivity index (χ0n) is 14.6. The second-order valence-corrected chi connectivity index (χ2v) is 6.60. The number of amides is 3. The predicted octanol–water partition coefficient (Wildman–Crippen LogP) is 2.06. The van der Waals surface area contributed by atoms with Gasteiger partial charge in [-0.25, -0.2) is 4.79 Å². The highest BCUT2D eigenvalue weighted by Gasteiger charge is 2.11. The van der Waals surface area contributed by atoms with Crippen LogP contribution in [0.1, 0.15) is 41.0 Å². The number of unbranched alkanes of at least 4 members (excludes halogenated alkanes) is 2. The third-order valence-corrected chi connectivity index (χ3v) is 4.30. The van der Waals surface area contributed by atoms with Crippen LogP contribution in [0.25, 0.3) is 0 Å². The van der Waals surface area contributed by atoms with Gasteiger partial charge in [0.2, 0.25) is 16.0 Å². The fraction of sp³-hybridized carbons (Fsp3) is 0.353. The topological polar surface area (TPSA) is 136 Å². The lowest BCUT2D eigenvalue weighted by molar-refractivity contribution is -0.116. The Bertz CT molecular complexity index is 766. The number of carbonyl (C=O) groups is 3. The molecular formula is C17H21N5O4S. The van der Waals surface area contributed by atoms with E-state index in [1.54, 1.807) is 0 Å². The van der Waals surface area contributed by atoms with Crippen LogP contribution in [-0.4, -0.2) is 34.6 Å². The molecule has 0 aliphatic heterocycles. The zero-order valence-corrected chi connectivity index (χ0v) is 15.5. The lowest BCUT2D eigenvalue weighted by atomic mass is 10.2. The van der Waals surface area contributed by atoms with Crippen molar-refractivity contribution in [3.8, 4) is 0 Å². The Kier molecular flexibility index (Phi) is 8.17. The van der Waals surface area contributed by atoms with Gasteiger partial charge < -0.3 is 21.1 Å². The van der Waals surface area contributed by atoms with Crippen molar-refractivity contribution < 1.29 is 19.1 Å². The van der Waals surface area contributed by atoms with Crippen LogP contribution in [0.4, 0.5) is 9.93 Å². The smallest absolute Gasteiger partial charge is 0.407 e. The number of nitrogens with one attached hydrogen (secondary N) is 2. The Balaban J connectivity index is 1.50. The lowest BCUT2D eigenvalue weighted by Gasteiger charge is -2.07. The third-order valence-electron chi connectivity index (χ3n) is 3.44. The van der Waals surface area contributed by atoms with E-state index in [4.69, 9.17) is 10.5 Å². The predicted molar refractivity (Wildman–Crippen MR) is 100 cm³/mol. The standard InChI is InChI=1S/C17H21N5O4S/c18-14(24)15-21-22-16(27-15)20-13(23)9-5-2-6-10-19-17(25)26-11-12-7-3-1-4-8-12/h1,3-4,7-8H,2,5-6,9-11H2,(H2,18,24)(H,19,25)(H,20,22,23). The third kappa shape index (κ3) is 7.82. The van der Waals surface area contributed by atoms with E-state index < -0.39 is 12.0 Å². The molecule has 0 bridgehead atoms. The number of nitrogens with zero attached hydrogens (tertiary/aromatic N) is 2. The molecule has 1 aromatic carbocycles. The number of aromatic nitrogens is 2. The van der Waals surface area contributed by atoms with E-state index in [-0.39, 0.29) is 22.7 Å². The maximum atomic E-state index is 11.8. The number of primary amides is 1. The van der Waals surface area contributed by atoms with Crippen molar-refractivity contribution in [3.05, 3.63) is 40.9 Å². The van der Waals surface area contributed by atoms with Gasteiger partial charge in [0, 0.05) is 13.0 Å². The van der Waals surface area contributed by atoms with Crippen LogP contribution in [0, 0.1) is 0 Å². The second-order valence-electron chi connectivity index (χ2n) is 5.62. The van der Waals surface area contributed by atoms with E-state index in [0.717, 1.165) is 29.7 Å². The number of ether oxygens (including phenoxy) is 1. The summed E-state index contributed by atoms with van der Waals surface area (Å²) in [4.78, 5) is 34.3. The highest BCUT2D eigenvalue weighted by Crippen LogP contribution is 2.15. The number of hydrogen-bond acceptors (Lipinski definition) is 7. The minimum atomic E-state index is -0.678. The van der Waals surface area contributed by atoms with E-state index in [1.807, 2.05) is 30.3 Å². The zero-order chi connectivity index (χ0) is 19.5. The number of alkyl carbamates (subject to hydrolysis) is 1. The van der Waals surface area contributed by atoms with Crippen LogP contribution in [0.3, 0.4) is 0 Å². The Morgan fingerprint density at radius 1 is 1.07 bits per heavy atom. The first-order chi connectivity index (χ1) is 13.0. The van der Waals surface area contributed by atoms with Crippen LogP contribution in [0.5, 0.6) is 0 Å². The Morgan fingerprint density at radius 2 is 1.85 bits per heavy atom. The normalized spacial score (nSPS) is 10.2. The molecule has 2 aromatic rings. The summed E-state index contributed by atoms with van der Waals surface area (Å²) in [6.07, 6.45) is 2.02. The highest BCUT2D eigenvalue weighted by atomic mass is 32.1. The van der Waals surface area contributed by atoms with Crippen molar-refractivity contribution in [2.24, 2.45) is 5.73 Å². The summed E-state index contributed by atoms with van der Waals surface area (Å²) >= 11 is 0.933. The largest absolute Gasteiger partial charge is 0.445 e. The maximum Gasteiger partial charge on any atom is 0.407 e. The molecule has 0 radical (unpaired) electrons. The Labute approximate surface area is 160 Å². The molecular weight excluding hydrogens is 370 g/mol. The SMILES string of the molecule is NC(=O)c1nnc(NC(=O)CCCCCNC(=O)OCc2ccccc2)s1. The molecule has 2 rings (SSSR count). The molecule has 27 heavy (non-hydrogen) atoms. The average Bonchev–Trinajstić information content (AvgIpc) is 3.12. The molecule has 0 unspecified atom stereocenters. The summed E-state index contributed by atoms with van der Waals surface area (Å²) in [5, 5.41) is 12.8. The molecule has 1 heterocycles. The van der Waals surface area contributed by atoms with Gasteiger partial charge in [-0.2, -0.15) is 0 Å². The summed E-state index contributed by atoms with van der Waals surface area (Å²) in [7, 11) is 0. The van der Waals surface area contributed by atoms with Gasteiger partial charge in [0.1, 0.15) is 6.61 Å². The van der Waals surface area contributed by atoms with Gasteiger partial charge >= 0.3 is 6.09 Å². The summed E-state index contributed by atoms with van der Waals surface area (Å²) < 4.78 is 5.10. The van der Waals surface area contributed by atoms with E-state index in [9.17, 15) is 14.4 Å². The monoisotopic (exact) mass is 391 g/mol. The number of anilines is 1. The minimum Gasteiger partial charge on any atom is -0.445 e. The molecule has 0 atom stereocenters. The van der Waals surface area contributed by atoms with Gasteiger partial charge in [0.15, 0.2) is 0 Å². The number of nitrogens with two attached hydrogens (primary N) is 1. The first-order valence-corrected chi connectivity index (χ1v) is 9.24. The average molecular weight is 391 g/mol. The summed E-state index contributed by atoms with van der Waals surface area (Å²) in [5.41, 5.74) is 6.00. The molecule has 4 N–H and O–H groups in total. The molecule has 0 saturated heterocycles. The quantitative estimate of drug-likeness (QED) is 0.530. The molecule has 144 valence electrons. The molecule has 10 heteroatoms. The van der Waals surface area contributed by atoms with Gasteiger partial charge in [-0.05, 0) is 18.4 Å². The van der Waals surface area contributed by atoms with E-state index >= 15 is 0 Å². The second kappa shape index (κ2) is 10.9. The van der Waals surface area contributed by atoms with Crippen LogP contribution in [0.15, 0.2) is 30.3 Å². The number of hydrogen-bond donors (Lipinski definition) is 3. The molecule has 0 aliphatic rings. The fourth-order valence-electron chi connectivity index (χ4n) is 2.11. The van der Waals surface area contributed by atoms with Crippen molar-refractivity contribution in [1.82, 2.24) is 15.5 Å². The van der Waals surface area contributed by atoms with Crippen molar-refractivity contribution in [2.45, 2.75) is 32.3 Å². The number of benzene rings is 1. The number of rotatable bonds is 10. The molecule has 1 aromatic heterocycles. The summed E-state index contributed by atoms with van der Waals surface area (Å²) in [6, 6.07) is 9.43. The molecule has 0 saturated carbocycles. The molecule has 3 amide bonds. The summed E-state index contributed by atoms with van der Waals surface area (Å²) in [5.74, 6) is -0.889. The van der Waals surface area contributed by atoms with Crippen molar-refractivity contribution in [2.75, 3.05) is 11.9 Å². The van der Waals surface area contributed by atoms with Gasteiger partial charge in [0.05, 0.1) is 0 Å². The van der Waals surface area contributed by atoms with Crippen molar-refractivity contribution >= 4 is 34.4 Å². The molecule has 0 aliphatic carbocycles. The Morgan fingerprint density at radius 3 is 2.56 bits per heavy atom.